The molecule has 1 aromatic heterocycles. The number of hydrogen-bond donors (Lipinski definition) is 0. The molecule has 24 heavy (non-hydrogen) atoms. The Bertz CT molecular complexity index is 706. The molecule has 4 nitrogen and oxygen atoms in total. The molecule has 0 radical (unpaired) electrons. The van der Waals surface area contributed by atoms with Crippen molar-refractivity contribution in [1.82, 2.24) is 9.88 Å². The number of ether oxygens (including phenoxy) is 1. The smallest absolute Gasteiger partial charge is 0.416 e. The second-order valence-electron chi connectivity index (χ2n) is 6.03. The van der Waals surface area contributed by atoms with Gasteiger partial charge in [0.05, 0.1) is 17.9 Å². The quantitative estimate of drug-likeness (QED) is 0.846. The Morgan fingerprint density at radius 1 is 1.33 bits per heavy atom. The topological polar surface area (TPSA) is 38.5 Å². The maximum absolute atomic E-state index is 12.8. The van der Waals surface area contributed by atoms with Gasteiger partial charge in [0, 0.05) is 24.8 Å². The maximum atomic E-state index is 12.8. The van der Waals surface area contributed by atoms with Crippen LogP contribution in [0.2, 0.25) is 0 Å². The number of alkyl halides is 3. The SMILES string of the molecule is Cc1oc(-c2cccc(C(F)(F)F)c2)nc1CN(C)[C@H]1CCOC1. The predicted octanol–water partition coefficient (Wildman–Crippen LogP) is 3.89. The van der Waals surface area contributed by atoms with Crippen LogP contribution >= 0.6 is 0 Å². The van der Waals surface area contributed by atoms with Gasteiger partial charge < -0.3 is 9.15 Å². The molecule has 0 bridgehead atoms. The van der Waals surface area contributed by atoms with Crippen molar-refractivity contribution in [1.29, 1.82) is 0 Å². The summed E-state index contributed by atoms with van der Waals surface area (Å²) in [6.07, 6.45) is -3.42. The van der Waals surface area contributed by atoms with Gasteiger partial charge in [-0.15, -0.1) is 0 Å². The summed E-state index contributed by atoms with van der Waals surface area (Å²) in [4.78, 5) is 6.53. The largest absolute Gasteiger partial charge is 0.441 e. The summed E-state index contributed by atoms with van der Waals surface area (Å²) in [6, 6.07) is 5.36. The van der Waals surface area contributed by atoms with Gasteiger partial charge in [0.15, 0.2) is 0 Å². The molecule has 0 N–H and O–H groups in total. The number of aromatic nitrogens is 1. The van der Waals surface area contributed by atoms with Crippen molar-refractivity contribution in [3.05, 3.63) is 41.3 Å². The number of likely N-dealkylation sites (N-methyl/N-ethyl adjacent to an activating group) is 1. The van der Waals surface area contributed by atoms with Crippen LogP contribution in [-0.2, 0) is 17.5 Å². The molecule has 130 valence electrons. The van der Waals surface area contributed by atoms with Crippen LogP contribution < -0.4 is 0 Å². The number of hydrogen-bond acceptors (Lipinski definition) is 4. The van der Waals surface area contributed by atoms with Crippen molar-refractivity contribution >= 4 is 0 Å². The lowest BCUT2D eigenvalue weighted by atomic mass is 10.1. The number of oxazole rings is 1. The fourth-order valence-electron chi connectivity index (χ4n) is 2.76. The van der Waals surface area contributed by atoms with E-state index in [0.29, 0.717) is 30.5 Å². The summed E-state index contributed by atoms with van der Waals surface area (Å²) < 4.78 is 49.5. The summed E-state index contributed by atoms with van der Waals surface area (Å²) in [7, 11) is 1.98. The summed E-state index contributed by atoms with van der Waals surface area (Å²) in [6.45, 7) is 3.79. The second-order valence-corrected chi connectivity index (χ2v) is 6.03. The Hall–Kier alpha value is -1.86. The van der Waals surface area contributed by atoms with Gasteiger partial charge in [0.1, 0.15) is 5.76 Å². The van der Waals surface area contributed by atoms with E-state index >= 15 is 0 Å². The first-order valence-corrected chi connectivity index (χ1v) is 7.76. The van der Waals surface area contributed by atoms with Gasteiger partial charge in [0.25, 0.3) is 0 Å². The molecular weight excluding hydrogens is 321 g/mol. The highest BCUT2D eigenvalue weighted by atomic mass is 19.4. The Morgan fingerprint density at radius 3 is 2.79 bits per heavy atom. The number of rotatable bonds is 4. The second kappa shape index (κ2) is 6.57. The Labute approximate surface area is 138 Å². The molecule has 2 heterocycles. The van der Waals surface area contributed by atoms with Gasteiger partial charge in [0.2, 0.25) is 5.89 Å². The Kier molecular flexibility index (Phi) is 4.64. The summed E-state index contributed by atoms with van der Waals surface area (Å²) in [5, 5.41) is 0. The van der Waals surface area contributed by atoms with Crippen molar-refractivity contribution < 1.29 is 22.3 Å². The molecule has 1 saturated heterocycles. The van der Waals surface area contributed by atoms with Crippen LogP contribution in [0.1, 0.15) is 23.4 Å². The highest BCUT2D eigenvalue weighted by molar-refractivity contribution is 5.55. The molecule has 7 heteroatoms. The zero-order valence-corrected chi connectivity index (χ0v) is 13.6. The lowest BCUT2D eigenvalue weighted by Gasteiger charge is -2.21. The third-order valence-electron chi connectivity index (χ3n) is 4.26. The third kappa shape index (κ3) is 3.62. The van der Waals surface area contributed by atoms with Crippen molar-refractivity contribution in [2.75, 3.05) is 20.3 Å². The van der Waals surface area contributed by atoms with Crippen LogP contribution in [0.15, 0.2) is 28.7 Å². The van der Waals surface area contributed by atoms with Crippen LogP contribution in [0, 0.1) is 6.92 Å². The van der Waals surface area contributed by atoms with Gasteiger partial charge in [-0.3, -0.25) is 4.90 Å². The molecular formula is C17H19F3N2O2. The molecule has 1 fully saturated rings. The monoisotopic (exact) mass is 340 g/mol. The zero-order chi connectivity index (χ0) is 17.3. The van der Waals surface area contributed by atoms with E-state index in [9.17, 15) is 13.2 Å². The van der Waals surface area contributed by atoms with Crippen LogP contribution in [0.25, 0.3) is 11.5 Å². The molecule has 0 saturated carbocycles. The van der Waals surface area contributed by atoms with Gasteiger partial charge >= 0.3 is 6.18 Å². The fraction of sp³-hybridized carbons (Fsp3) is 0.471. The molecule has 2 aromatic rings. The first kappa shape index (κ1) is 17.0. The van der Waals surface area contributed by atoms with Gasteiger partial charge in [-0.1, -0.05) is 6.07 Å². The minimum absolute atomic E-state index is 0.213. The molecule has 1 atom stereocenters. The van der Waals surface area contributed by atoms with E-state index in [0.717, 1.165) is 30.9 Å². The van der Waals surface area contributed by atoms with Gasteiger partial charge in [-0.2, -0.15) is 13.2 Å². The fourth-order valence-corrected chi connectivity index (χ4v) is 2.76. The van der Waals surface area contributed by atoms with E-state index < -0.39 is 11.7 Å². The Balaban J connectivity index is 1.81. The van der Waals surface area contributed by atoms with E-state index in [1.165, 1.54) is 6.07 Å². The first-order chi connectivity index (χ1) is 11.3. The van der Waals surface area contributed by atoms with Crippen LogP contribution in [0.4, 0.5) is 13.2 Å². The minimum atomic E-state index is -4.39. The van der Waals surface area contributed by atoms with Crippen molar-refractivity contribution in [3.8, 4) is 11.5 Å². The van der Waals surface area contributed by atoms with Gasteiger partial charge in [-0.05, 0) is 38.6 Å². The minimum Gasteiger partial charge on any atom is -0.441 e. The molecule has 1 aliphatic heterocycles. The molecule has 0 unspecified atom stereocenters. The third-order valence-corrected chi connectivity index (χ3v) is 4.26. The summed E-state index contributed by atoms with van der Waals surface area (Å²) in [5.74, 6) is 0.831. The highest BCUT2D eigenvalue weighted by Crippen LogP contribution is 2.32. The number of nitrogens with zero attached hydrogens (tertiary/aromatic N) is 2. The van der Waals surface area contributed by atoms with E-state index in [2.05, 4.69) is 9.88 Å². The number of aryl methyl sites for hydroxylation is 1. The van der Waals surface area contributed by atoms with E-state index in [-0.39, 0.29) is 5.89 Å². The van der Waals surface area contributed by atoms with Gasteiger partial charge in [-0.25, -0.2) is 4.98 Å². The number of benzene rings is 1. The molecule has 0 spiro atoms. The van der Waals surface area contributed by atoms with Crippen LogP contribution in [-0.4, -0.2) is 36.2 Å². The number of halogens is 3. The predicted molar refractivity (Wildman–Crippen MR) is 82.4 cm³/mol. The average molecular weight is 340 g/mol. The summed E-state index contributed by atoms with van der Waals surface area (Å²) in [5.41, 5.74) is 0.348. The van der Waals surface area contributed by atoms with E-state index in [4.69, 9.17) is 9.15 Å². The standard InChI is InChI=1S/C17H19F3N2O2/c1-11-15(9-22(2)14-6-7-23-10-14)21-16(24-11)12-4-3-5-13(8-12)17(18,19)20/h3-5,8,14H,6-7,9-10H2,1-2H3/t14-/m0/s1. The molecule has 3 rings (SSSR count). The average Bonchev–Trinajstić information content (AvgIpc) is 3.17. The Morgan fingerprint density at radius 2 is 2.12 bits per heavy atom. The zero-order valence-electron chi connectivity index (χ0n) is 13.6. The van der Waals surface area contributed by atoms with Crippen molar-refractivity contribution in [2.24, 2.45) is 0 Å². The lowest BCUT2D eigenvalue weighted by Crippen LogP contribution is -2.31. The van der Waals surface area contributed by atoms with E-state index in [1.54, 1.807) is 13.0 Å². The summed E-state index contributed by atoms with van der Waals surface area (Å²) >= 11 is 0. The molecule has 1 aromatic carbocycles. The molecule has 0 amide bonds. The van der Waals surface area contributed by atoms with E-state index in [1.807, 2.05) is 7.05 Å². The van der Waals surface area contributed by atoms with Crippen LogP contribution in [0.3, 0.4) is 0 Å². The normalized spacial score (nSPS) is 18.5. The molecule has 1 aliphatic rings. The molecule has 0 aliphatic carbocycles. The lowest BCUT2D eigenvalue weighted by molar-refractivity contribution is -0.137. The van der Waals surface area contributed by atoms with Crippen molar-refractivity contribution in [2.45, 2.75) is 32.1 Å². The van der Waals surface area contributed by atoms with Crippen molar-refractivity contribution in [3.63, 3.8) is 0 Å². The first-order valence-electron chi connectivity index (χ1n) is 7.76. The highest BCUT2D eigenvalue weighted by Gasteiger charge is 2.31. The van der Waals surface area contributed by atoms with Crippen LogP contribution in [0.5, 0.6) is 0 Å². The maximum Gasteiger partial charge on any atom is 0.416 e.